The van der Waals surface area contributed by atoms with Crippen molar-refractivity contribution in [2.75, 3.05) is 18.0 Å². The molecule has 0 amide bonds. The highest BCUT2D eigenvalue weighted by Gasteiger charge is 2.33. The second kappa shape index (κ2) is 6.50. The van der Waals surface area contributed by atoms with Gasteiger partial charge < -0.3 is 4.90 Å². The average Bonchev–Trinajstić information content (AvgIpc) is 3.00. The number of hydrogen-bond donors (Lipinski definition) is 1. The van der Waals surface area contributed by atoms with E-state index in [9.17, 15) is 8.42 Å². The molecule has 22 heavy (non-hydrogen) atoms. The van der Waals surface area contributed by atoms with E-state index in [-0.39, 0.29) is 11.3 Å². The zero-order valence-corrected chi connectivity index (χ0v) is 13.8. The summed E-state index contributed by atoms with van der Waals surface area (Å²) in [6.45, 7) is 3.29. The maximum absolute atomic E-state index is 12.6. The molecule has 7 heteroatoms. The summed E-state index contributed by atoms with van der Waals surface area (Å²) in [4.78, 5) is 10.5. The molecular formula is C15H24N4O2S. The second-order valence-corrected chi connectivity index (χ2v) is 8.36. The first kappa shape index (κ1) is 15.7. The number of nitrogens with zero attached hydrogens (tertiary/aromatic N) is 3. The van der Waals surface area contributed by atoms with Crippen LogP contribution in [0.4, 0.5) is 5.82 Å². The number of aryl methyl sites for hydroxylation is 1. The van der Waals surface area contributed by atoms with Crippen molar-refractivity contribution in [2.45, 2.75) is 56.7 Å². The van der Waals surface area contributed by atoms with E-state index in [4.69, 9.17) is 0 Å². The van der Waals surface area contributed by atoms with Gasteiger partial charge >= 0.3 is 0 Å². The predicted octanol–water partition coefficient (Wildman–Crippen LogP) is 1.62. The monoisotopic (exact) mass is 324 g/mol. The third-order valence-electron chi connectivity index (χ3n) is 4.62. The Kier molecular flexibility index (Phi) is 4.63. The fourth-order valence-electron chi connectivity index (χ4n) is 3.39. The molecule has 2 heterocycles. The van der Waals surface area contributed by atoms with Gasteiger partial charge in [0.25, 0.3) is 0 Å². The summed E-state index contributed by atoms with van der Waals surface area (Å²) in [5.74, 6) is 0.827. The lowest BCUT2D eigenvalue weighted by atomic mass is 10.1. The first-order valence-corrected chi connectivity index (χ1v) is 9.64. The third-order valence-corrected chi connectivity index (χ3v) is 6.54. The molecule has 1 aliphatic heterocycles. The number of aromatic nitrogens is 2. The lowest BCUT2D eigenvalue weighted by Gasteiger charge is -2.33. The minimum absolute atomic E-state index is 0.140. The molecule has 6 nitrogen and oxygen atoms in total. The van der Waals surface area contributed by atoms with Gasteiger partial charge in [-0.15, -0.1) is 0 Å². The van der Waals surface area contributed by atoms with Gasteiger partial charge in [-0.2, -0.15) is 0 Å². The number of anilines is 1. The fraction of sp³-hybridized carbons (Fsp3) is 0.733. The summed E-state index contributed by atoms with van der Waals surface area (Å²) >= 11 is 0. The van der Waals surface area contributed by atoms with E-state index >= 15 is 0 Å². The molecule has 1 aromatic heterocycles. The molecule has 1 saturated heterocycles. The van der Waals surface area contributed by atoms with E-state index in [0.717, 1.165) is 56.6 Å². The van der Waals surface area contributed by atoms with Crippen LogP contribution in [0, 0.1) is 6.92 Å². The average molecular weight is 324 g/mol. The summed E-state index contributed by atoms with van der Waals surface area (Å²) in [6, 6.07) is 2.06. The van der Waals surface area contributed by atoms with Crippen molar-refractivity contribution in [1.82, 2.24) is 14.7 Å². The Morgan fingerprint density at radius 3 is 2.68 bits per heavy atom. The van der Waals surface area contributed by atoms with Gasteiger partial charge in [-0.3, -0.25) is 0 Å². The van der Waals surface area contributed by atoms with Gasteiger partial charge in [0.2, 0.25) is 10.0 Å². The van der Waals surface area contributed by atoms with Gasteiger partial charge in [0, 0.05) is 30.9 Å². The molecule has 0 unspecified atom stereocenters. The minimum atomic E-state index is -3.25. The normalized spacial score (nSPS) is 23.9. The van der Waals surface area contributed by atoms with Crippen LogP contribution < -0.4 is 9.62 Å². The highest BCUT2D eigenvalue weighted by molar-refractivity contribution is 7.90. The molecule has 2 aliphatic rings. The molecule has 2 fully saturated rings. The summed E-state index contributed by atoms with van der Waals surface area (Å²) in [5, 5.41) is -0.350. The summed E-state index contributed by atoms with van der Waals surface area (Å²) in [7, 11) is -3.25. The van der Waals surface area contributed by atoms with Crippen molar-refractivity contribution in [2.24, 2.45) is 0 Å². The quantitative estimate of drug-likeness (QED) is 0.911. The zero-order valence-electron chi connectivity index (χ0n) is 13.0. The lowest BCUT2D eigenvalue weighted by molar-refractivity contribution is 0.505. The molecule has 0 spiro atoms. The number of piperidine rings is 1. The molecule has 1 aromatic rings. The largest absolute Gasteiger partial charge is 0.355 e. The molecule has 1 N–H and O–H groups in total. The van der Waals surface area contributed by atoms with E-state index in [1.807, 2.05) is 13.0 Å². The van der Waals surface area contributed by atoms with Crippen molar-refractivity contribution in [3.05, 3.63) is 18.1 Å². The summed E-state index contributed by atoms with van der Waals surface area (Å²) in [5.41, 5.74) is 0.902. The molecule has 1 aliphatic carbocycles. The molecule has 0 radical (unpaired) electrons. The Bertz CT molecular complexity index is 614. The topological polar surface area (TPSA) is 75.2 Å². The minimum Gasteiger partial charge on any atom is -0.355 e. The Hall–Kier alpha value is -1.21. The first-order valence-electron chi connectivity index (χ1n) is 8.09. The van der Waals surface area contributed by atoms with E-state index in [1.54, 1.807) is 6.33 Å². The van der Waals surface area contributed by atoms with Gasteiger partial charge in [-0.05, 0) is 32.6 Å². The zero-order chi connectivity index (χ0) is 15.6. The second-order valence-electron chi connectivity index (χ2n) is 6.37. The van der Waals surface area contributed by atoms with Crippen LogP contribution in [0.1, 0.15) is 44.2 Å². The lowest BCUT2D eigenvalue weighted by Crippen LogP contribution is -2.48. The van der Waals surface area contributed by atoms with Crippen LogP contribution in [-0.4, -0.2) is 42.8 Å². The SMILES string of the molecule is Cc1cc(N2CCC[C@@H](S(=O)(=O)NC3CCCC3)C2)ncn1. The molecule has 0 aromatic carbocycles. The van der Waals surface area contributed by atoms with Crippen LogP contribution in [0.25, 0.3) is 0 Å². The van der Waals surface area contributed by atoms with Gasteiger partial charge in [-0.1, -0.05) is 12.8 Å². The van der Waals surface area contributed by atoms with Crippen molar-refractivity contribution < 1.29 is 8.42 Å². The van der Waals surface area contributed by atoms with Crippen LogP contribution in [0.15, 0.2) is 12.4 Å². The highest BCUT2D eigenvalue weighted by Crippen LogP contribution is 2.24. The molecule has 1 saturated carbocycles. The van der Waals surface area contributed by atoms with Crippen molar-refractivity contribution in [3.8, 4) is 0 Å². The Balaban J connectivity index is 1.69. The van der Waals surface area contributed by atoms with Crippen LogP contribution in [0.5, 0.6) is 0 Å². The molecular weight excluding hydrogens is 300 g/mol. The van der Waals surface area contributed by atoms with Gasteiger partial charge in [-0.25, -0.2) is 23.1 Å². The Morgan fingerprint density at radius 2 is 1.95 bits per heavy atom. The van der Waals surface area contributed by atoms with Crippen molar-refractivity contribution >= 4 is 15.8 Å². The number of nitrogens with one attached hydrogen (secondary N) is 1. The van der Waals surface area contributed by atoms with Crippen molar-refractivity contribution in [3.63, 3.8) is 0 Å². The summed E-state index contributed by atoms with van der Waals surface area (Å²) < 4.78 is 28.2. The fourth-order valence-corrected chi connectivity index (χ4v) is 5.13. The van der Waals surface area contributed by atoms with Crippen molar-refractivity contribution in [1.29, 1.82) is 0 Å². The summed E-state index contributed by atoms with van der Waals surface area (Å²) in [6.07, 6.45) is 7.34. The number of sulfonamides is 1. The van der Waals surface area contributed by atoms with E-state index in [0.29, 0.717) is 6.54 Å². The molecule has 122 valence electrons. The molecule has 3 rings (SSSR count). The standard InChI is InChI=1S/C15H24N4O2S/c1-12-9-15(17-11-16-12)19-8-4-7-14(10-19)22(20,21)18-13-5-2-3-6-13/h9,11,13-14,18H,2-8,10H2,1H3/t14-/m1/s1. The Labute approximate surface area is 132 Å². The van der Waals surface area contributed by atoms with Gasteiger partial charge in [0.1, 0.15) is 12.1 Å². The van der Waals surface area contributed by atoms with Gasteiger partial charge in [0.15, 0.2) is 0 Å². The number of hydrogen-bond acceptors (Lipinski definition) is 5. The van der Waals surface area contributed by atoms with Crippen LogP contribution >= 0.6 is 0 Å². The first-order chi connectivity index (χ1) is 10.5. The van der Waals surface area contributed by atoms with E-state index in [2.05, 4.69) is 19.6 Å². The van der Waals surface area contributed by atoms with Gasteiger partial charge in [0.05, 0.1) is 5.25 Å². The third kappa shape index (κ3) is 3.57. The van der Waals surface area contributed by atoms with Crippen LogP contribution in [0.3, 0.4) is 0 Å². The maximum atomic E-state index is 12.6. The smallest absolute Gasteiger partial charge is 0.216 e. The van der Waals surface area contributed by atoms with E-state index < -0.39 is 10.0 Å². The molecule has 0 bridgehead atoms. The van der Waals surface area contributed by atoms with E-state index in [1.165, 1.54) is 0 Å². The highest BCUT2D eigenvalue weighted by atomic mass is 32.2. The maximum Gasteiger partial charge on any atom is 0.216 e. The molecule has 1 atom stereocenters. The van der Waals surface area contributed by atoms with Crippen LogP contribution in [-0.2, 0) is 10.0 Å². The van der Waals surface area contributed by atoms with Crippen LogP contribution in [0.2, 0.25) is 0 Å². The predicted molar refractivity (Wildman–Crippen MR) is 86.3 cm³/mol. The number of rotatable bonds is 4. The Morgan fingerprint density at radius 1 is 1.18 bits per heavy atom.